The molecule has 1 rings (SSSR count). The Hall–Kier alpha value is -0.340. The van der Waals surface area contributed by atoms with Gasteiger partial charge in [0.1, 0.15) is 0 Å². The Morgan fingerprint density at radius 1 is 1.64 bits per heavy atom. The lowest BCUT2D eigenvalue weighted by Crippen LogP contribution is -2.40. The van der Waals surface area contributed by atoms with Gasteiger partial charge >= 0.3 is 0 Å². The summed E-state index contributed by atoms with van der Waals surface area (Å²) in [6.45, 7) is 9.42. The molecule has 0 aromatic rings. The minimum Gasteiger partial charge on any atom is -0.376 e. The molecule has 1 heterocycles. The Labute approximate surface area is 87.7 Å². The Morgan fingerprint density at radius 2 is 2.36 bits per heavy atom. The molecule has 82 valence electrons. The van der Waals surface area contributed by atoms with E-state index >= 15 is 0 Å². The van der Waals surface area contributed by atoms with Gasteiger partial charge in [0.25, 0.3) is 0 Å². The van der Waals surface area contributed by atoms with Gasteiger partial charge in [0.2, 0.25) is 0 Å². The number of rotatable bonds is 5. The highest BCUT2D eigenvalue weighted by Crippen LogP contribution is 2.25. The van der Waals surface area contributed by atoms with Crippen LogP contribution < -0.4 is 5.32 Å². The molecule has 0 spiro atoms. The van der Waals surface area contributed by atoms with Gasteiger partial charge in [-0.1, -0.05) is 26.0 Å². The highest BCUT2D eigenvalue weighted by Gasteiger charge is 2.30. The van der Waals surface area contributed by atoms with Crippen molar-refractivity contribution in [1.82, 2.24) is 5.32 Å². The summed E-state index contributed by atoms with van der Waals surface area (Å²) in [6.07, 6.45) is 3.69. The zero-order valence-electron chi connectivity index (χ0n) is 9.68. The fraction of sp³-hybridized carbons (Fsp3) is 0.833. The van der Waals surface area contributed by atoms with Crippen molar-refractivity contribution in [3.8, 4) is 0 Å². The van der Waals surface area contributed by atoms with Crippen LogP contribution in [0.2, 0.25) is 0 Å². The second-order valence-corrected chi connectivity index (χ2v) is 4.30. The summed E-state index contributed by atoms with van der Waals surface area (Å²) in [5, 5.41) is 3.35. The predicted octanol–water partition coefficient (Wildman–Crippen LogP) is 2.36. The van der Waals surface area contributed by atoms with Crippen LogP contribution in [0.1, 0.15) is 33.1 Å². The van der Waals surface area contributed by atoms with Crippen molar-refractivity contribution in [3.63, 3.8) is 0 Å². The summed E-state index contributed by atoms with van der Waals surface area (Å²) < 4.78 is 5.76. The lowest BCUT2D eigenvalue weighted by molar-refractivity contribution is 0.0632. The topological polar surface area (TPSA) is 21.3 Å². The van der Waals surface area contributed by atoms with E-state index in [0.29, 0.717) is 18.1 Å². The van der Waals surface area contributed by atoms with Gasteiger partial charge in [0, 0.05) is 12.6 Å². The van der Waals surface area contributed by atoms with Crippen molar-refractivity contribution in [1.29, 1.82) is 0 Å². The first-order valence-corrected chi connectivity index (χ1v) is 5.64. The third kappa shape index (κ3) is 2.82. The molecule has 0 amide bonds. The first kappa shape index (κ1) is 11.7. The number of hydrogen-bond acceptors (Lipinski definition) is 2. The average molecular weight is 197 g/mol. The molecule has 1 aliphatic rings. The lowest BCUT2D eigenvalue weighted by atomic mass is 9.93. The fourth-order valence-electron chi connectivity index (χ4n) is 2.07. The van der Waals surface area contributed by atoms with Gasteiger partial charge < -0.3 is 10.1 Å². The van der Waals surface area contributed by atoms with E-state index < -0.39 is 0 Å². The van der Waals surface area contributed by atoms with E-state index in [0.717, 1.165) is 19.4 Å². The molecule has 3 unspecified atom stereocenters. The molecule has 0 aromatic carbocycles. The van der Waals surface area contributed by atoms with Crippen LogP contribution in [0.15, 0.2) is 12.2 Å². The number of ether oxygens (including phenoxy) is 1. The first-order valence-electron chi connectivity index (χ1n) is 5.64. The van der Waals surface area contributed by atoms with Gasteiger partial charge in [-0.25, -0.2) is 0 Å². The molecule has 0 aromatic heterocycles. The standard InChI is InChI=1S/C12H23NO/c1-5-9(2)8-11(13-4)12-10(3)6-7-14-12/h10-13H,2,5-8H2,1,3-4H3. The molecule has 2 heteroatoms. The van der Waals surface area contributed by atoms with Gasteiger partial charge in [0.05, 0.1) is 6.10 Å². The summed E-state index contributed by atoms with van der Waals surface area (Å²) >= 11 is 0. The lowest BCUT2D eigenvalue weighted by Gasteiger charge is -2.26. The molecular formula is C12H23NO. The molecule has 0 bridgehead atoms. The zero-order valence-corrected chi connectivity index (χ0v) is 9.68. The molecule has 1 fully saturated rings. The quantitative estimate of drug-likeness (QED) is 0.683. The van der Waals surface area contributed by atoms with Crippen molar-refractivity contribution < 1.29 is 4.74 Å². The van der Waals surface area contributed by atoms with E-state index in [9.17, 15) is 0 Å². The van der Waals surface area contributed by atoms with E-state index in [4.69, 9.17) is 4.74 Å². The zero-order chi connectivity index (χ0) is 10.6. The molecule has 1 aliphatic heterocycles. The van der Waals surface area contributed by atoms with Gasteiger partial charge in [0.15, 0.2) is 0 Å². The molecule has 0 aliphatic carbocycles. The SMILES string of the molecule is C=C(CC)CC(NC)C1OCCC1C. The van der Waals surface area contributed by atoms with Gasteiger partial charge in [-0.3, -0.25) is 0 Å². The van der Waals surface area contributed by atoms with Crippen LogP contribution in [0.3, 0.4) is 0 Å². The number of hydrogen-bond donors (Lipinski definition) is 1. The maximum atomic E-state index is 5.76. The van der Waals surface area contributed by atoms with Gasteiger partial charge in [-0.05, 0) is 32.2 Å². The van der Waals surface area contributed by atoms with Gasteiger partial charge in [-0.2, -0.15) is 0 Å². The third-order valence-electron chi connectivity index (χ3n) is 3.22. The minimum absolute atomic E-state index is 0.378. The highest BCUT2D eigenvalue weighted by atomic mass is 16.5. The highest BCUT2D eigenvalue weighted by molar-refractivity contribution is 4.99. The Morgan fingerprint density at radius 3 is 2.79 bits per heavy atom. The van der Waals surface area contributed by atoms with E-state index in [-0.39, 0.29) is 0 Å². The number of nitrogens with one attached hydrogen (secondary N) is 1. The average Bonchev–Trinajstić information content (AvgIpc) is 2.60. The molecule has 0 saturated carbocycles. The molecule has 3 atom stereocenters. The second kappa shape index (κ2) is 5.52. The molecular weight excluding hydrogens is 174 g/mol. The molecule has 14 heavy (non-hydrogen) atoms. The van der Waals surface area contributed by atoms with Crippen LogP contribution in [0.4, 0.5) is 0 Å². The first-order chi connectivity index (χ1) is 6.69. The Balaban J connectivity index is 2.48. The maximum absolute atomic E-state index is 5.76. The normalized spacial score (nSPS) is 29.1. The molecule has 2 nitrogen and oxygen atoms in total. The van der Waals surface area contributed by atoms with Crippen LogP contribution in [0.25, 0.3) is 0 Å². The summed E-state index contributed by atoms with van der Waals surface area (Å²) in [4.78, 5) is 0. The van der Waals surface area contributed by atoms with Crippen molar-refractivity contribution in [3.05, 3.63) is 12.2 Å². The Bertz CT molecular complexity index is 191. The van der Waals surface area contributed by atoms with Crippen LogP contribution >= 0.6 is 0 Å². The van der Waals surface area contributed by atoms with Crippen molar-refractivity contribution >= 4 is 0 Å². The van der Waals surface area contributed by atoms with Crippen LogP contribution in [0, 0.1) is 5.92 Å². The minimum atomic E-state index is 0.378. The van der Waals surface area contributed by atoms with Crippen LogP contribution in [0.5, 0.6) is 0 Å². The number of likely N-dealkylation sites (N-methyl/N-ethyl adjacent to an activating group) is 1. The second-order valence-electron chi connectivity index (χ2n) is 4.30. The smallest absolute Gasteiger partial charge is 0.0757 e. The van der Waals surface area contributed by atoms with Crippen molar-refractivity contribution in [2.45, 2.75) is 45.3 Å². The van der Waals surface area contributed by atoms with E-state index in [2.05, 4.69) is 25.7 Å². The van der Waals surface area contributed by atoms with E-state index in [1.165, 1.54) is 12.0 Å². The van der Waals surface area contributed by atoms with Crippen LogP contribution in [-0.4, -0.2) is 25.8 Å². The summed E-state index contributed by atoms with van der Waals surface area (Å²) in [7, 11) is 2.02. The maximum Gasteiger partial charge on any atom is 0.0757 e. The largest absolute Gasteiger partial charge is 0.376 e. The summed E-state index contributed by atoms with van der Waals surface area (Å²) in [5.41, 5.74) is 1.31. The Kier molecular flexibility index (Phi) is 4.63. The summed E-state index contributed by atoms with van der Waals surface area (Å²) in [6, 6.07) is 0.444. The molecule has 1 saturated heterocycles. The third-order valence-corrected chi connectivity index (χ3v) is 3.22. The van der Waals surface area contributed by atoms with E-state index in [1.807, 2.05) is 7.05 Å². The molecule has 1 N–H and O–H groups in total. The van der Waals surface area contributed by atoms with Crippen LogP contribution in [-0.2, 0) is 4.74 Å². The monoisotopic (exact) mass is 197 g/mol. The van der Waals surface area contributed by atoms with E-state index in [1.54, 1.807) is 0 Å². The van der Waals surface area contributed by atoms with Crippen molar-refractivity contribution in [2.75, 3.05) is 13.7 Å². The predicted molar refractivity (Wildman–Crippen MR) is 60.4 cm³/mol. The van der Waals surface area contributed by atoms with Gasteiger partial charge in [-0.15, -0.1) is 0 Å². The summed E-state index contributed by atoms with van der Waals surface area (Å²) in [5.74, 6) is 0.678. The molecule has 0 radical (unpaired) electrons. The van der Waals surface area contributed by atoms with Crippen molar-refractivity contribution in [2.24, 2.45) is 5.92 Å². The fourth-order valence-corrected chi connectivity index (χ4v) is 2.07.